The van der Waals surface area contributed by atoms with Crippen molar-refractivity contribution in [1.29, 1.82) is 0 Å². The number of aromatic nitrogens is 4. The monoisotopic (exact) mass is 213 g/mol. The molecule has 3 N–H and O–H groups in total. The zero-order valence-corrected chi connectivity index (χ0v) is 6.96. The molecule has 0 radical (unpaired) electrons. The fourth-order valence-corrected chi connectivity index (χ4v) is 1.18. The average Bonchev–Trinajstić information content (AvgIpc) is 2.33. The number of nitrogens with one attached hydrogen (secondary N) is 1. The SMILES string of the molecule is Nc1ncc2n[nH]c(Br)c2n1. The van der Waals surface area contributed by atoms with Gasteiger partial charge in [0.1, 0.15) is 15.6 Å². The molecule has 0 saturated carbocycles. The molecule has 0 spiro atoms. The van der Waals surface area contributed by atoms with Crippen molar-refractivity contribution in [2.24, 2.45) is 0 Å². The smallest absolute Gasteiger partial charge is 0.220 e. The fourth-order valence-electron chi connectivity index (χ4n) is 0.795. The molecule has 0 unspecified atom stereocenters. The lowest BCUT2D eigenvalue weighted by atomic mass is 10.5. The van der Waals surface area contributed by atoms with Crippen LogP contribution in [0.4, 0.5) is 5.95 Å². The molecule has 0 atom stereocenters. The van der Waals surface area contributed by atoms with Gasteiger partial charge in [-0.1, -0.05) is 0 Å². The number of halogens is 1. The second-order valence-corrected chi connectivity index (χ2v) is 2.79. The third-order valence-corrected chi connectivity index (χ3v) is 1.82. The van der Waals surface area contributed by atoms with Crippen molar-refractivity contribution < 1.29 is 0 Å². The first-order valence-electron chi connectivity index (χ1n) is 2.89. The minimum Gasteiger partial charge on any atom is -0.368 e. The molecular weight excluding hydrogens is 210 g/mol. The van der Waals surface area contributed by atoms with Crippen LogP contribution in [0.1, 0.15) is 0 Å². The van der Waals surface area contributed by atoms with Gasteiger partial charge in [0.2, 0.25) is 5.95 Å². The number of nitrogens with zero attached hydrogens (tertiary/aromatic N) is 3. The Morgan fingerprint density at radius 1 is 1.55 bits per heavy atom. The first kappa shape index (κ1) is 6.53. The highest BCUT2D eigenvalue weighted by Crippen LogP contribution is 2.17. The number of hydrogen-bond donors (Lipinski definition) is 2. The van der Waals surface area contributed by atoms with Crippen molar-refractivity contribution in [3.8, 4) is 0 Å². The van der Waals surface area contributed by atoms with Crippen molar-refractivity contribution in [2.45, 2.75) is 0 Å². The van der Waals surface area contributed by atoms with Gasteiger partial charge in [-0.2, -0.15) is 5.10 Å². The Kier molecular flexibility index (Phi) is 1.28. The highest BCUT2D eigenvalue weighted by atomic mass is 79.9. The van der Waals surface area contributed by atoms with Crippen LogP contribution in [-0.2, 0) is 0 Å². The van der Waals surface area contributed by atoms with Crippen molar-refractivity contribution >= 4 is 32.9 Å². The summed E-state index contributed by atoms with van der Waals surface area (Å²) in [6, 6.07) is 0. The second kappa shape index (κ2) is 2.16. The van der Waals surface area contributed by atoms with E-state index < -0.39 is 0 Å². The van der Waals surface area contributed by atoms with Gasteiger partial charge in [0.25, 0.3) is 0 Å². The number of rotatable bonds is 0. The van der Waals surface area contributed by atoms with Gasteiger partial charge in [0.05, 0.1) is 6.20 Å². The molecule has 11 heavy (non-hydrogen) atoms. The molecular formula is C5H4BrN5. The normalized spacial score (nSPS) is 10.6. The maximum atomic E-state index is 5.37. The van der Waals surface area contributed by atoms with Gasteiger partial charge in [0, 0.05) is 0 Å². The Morgan fingerprint density at radius 2 is 2.36 bits per heavy atom. The molecule has 0 saturated heterocycles. The summed E-state index contributed by atoms with van der Waals surface area (Å²) in [5.74, 6) is 0.250. The van der Waals surface area contributed by atoms with Crippen LogP contribution in [0.15, 0.2) is 10.8 Å². The molecule has 0 aromatic carbocycles. The zero-order chi connectivity index (χ0) is 7.84. The number of nitrogens with two attached hydrogens (primary N) is 1. The Bertz CT molecular complexity index is 395. The van der Waals surface area contributed by atoms with Gasteiger partial charge in [-0.15, -0.1) is 0 Å². The number of fused-ring (bicyclic) bond motifs is 1. The van der Waals surface area contributed by atoms with E-state index >= 15 is 0 Å². The molecule has 6 heteroatoms. The lowest BCUT2D eigenvalue weighted by Gasteiger charge is -1.88. The number of hydrogen-bond acceptors (Lipinski definition) is 4. The summed E-state index contributed by atoms with van der Waals surface area (Å²) in [6.45, 7) is 0. The summed E-state index contributed by atoms with van der Waals surface area (Å²) in [4.78, 5) is 7.75. The van der Waals surface area contributed by atoms with E-state index in [9.17, 15) is 0 Å². The summed E-state index contributed by atoms with van der Waals surface area (Å²) >= 11 is 3.24. The van der Waals surface area contributed by atoms with Crippen LogP contribution >= 0.6 is 15.9 Å². The van der Waals surface area contributed by atoms with Gasteiger partial charge >= 0.3 is 0 Å². The topological polar surface area (TPSA) is 80.5 Å². The number of aromatic amines is 1. The summed E-state index contributed by atoms with van der Waals surface area (Å²) in [7, 11) is 0. The second-order valence-electron chi connectivity index (χ2n) is 2.00. The Balaban J connectivity index is 2.87. The van der Waals surface area contributed by atoms with E-state index in [1.165, 1.54) is 0 Å². The number of nitrogen functional groups attached to an aromatic ring is 1. The standard InChI is InChI=1S/C5H4BrN5/c6-4-3-2(10-11-4)1-8-5(7)9-3/h1H,(H,10,11)(H2,7,8,9). The van der Waals surface area contributed by atoms with Crippen LogP contribution in [0.25, 0.3) is 11.0 Å². The van der Waals surface area contributed by atoms with Crippen LogP contribution in [0, 0.1) is 0 Å². The molecule has 0 amide bonds. The summed E-state index contributed by atoms with van der Waals surface area (Å²) in [5, 5.41) is 6.62. The maximum absolute atomic E-state index is 5.37. The largest absolute Gasteiger partial charge is 0.368 e. The third-order valence-electron chi connectivity index (χ3n) is 1.27. The number of anilines is 1. The molecule has 0 aliphatic rings. The average molecular weight is 214 g/mol. The molecule has 0 fully saturated rings. The Labute approximate surface area is 70.2 Å². The van der Waals surface area contributed by atoms with Crippen LogP contribution in [-0.4, -0.2) is 20.2 Å². The molecule has 0 aliphatic carbocycles. The van der Waals surface area contributed by atoms with Crippen LogP contribution in [0.2, 0.25) is 0 Å². The van der Waals surface area contributed by atoms with E-state index in [2.05, 4.69) is 36.1 Å². The molecule has 0 aliphatic heterocycles. The molecule has 2 aromatic heterocycles. The molecule has 2 rings (SSSR count). The van der Waals surface area contributed by atoms with Crippen molar-refractivity contribution in [2.75, 3.05) is 5.73 Å². The lowest BCUT2D eigenvalue weighted by molar-refractivity contribution is 1.09. The highest BCUT2D eigenvalue weighted by Gasteiger charge is 2.03. The lowest BCUT2D eigenvalue weighted by Crippen LogP contribution is -1.92. The fraction of sp³-hybridized carbons (Fsp3) is 0. The first-order valence-corrected chi connectivity index (χ1v) is 3.69. The van der Waals surface area contributed by atoms with Gasteiger partial charge in [-0.25, -0.2) is 9.97 Å². The Morgan fingerprint density at radius 3 is 3.18 bits per heavy atom. The van der Waals surface area contributed by atoms with E-state index in [4.69, 9.17) is 5.73 Å². The van der Waals surface area contributed by atoms with Crippen molar-refractivity contribution in [3.63, 3.8) is 0 Å². The predicted octanol–water partition coefficient (Wildman–Crippen LogP) is 0.698. The highest BCUT2D eigenvalue weighted by molar-refractivity contribution is 9.10. The maximum Gasteiger partial charge on any atom is 0.220 e. The molecule has 0 bridgehead atoms. The predicted molar refractivity (Wildman–Crippen MR) is 43.8 cm³/mol. The van der Waals surface area contributed by atoms with Crippen molar-refractivity contribution in [1.82, 2.24) is 20.2 Å². The molecule has 56 valence electrons. The summed E-state index contributed by atoms with van der Waals surface area (Å²) < 4.78 is 0.724. The van der Waals surface area contributed by atoms with Crippen LogP contribution in [0.5, 0.6) is 0 Å². The van der Waals surface area contributed by atoms with Gasteiger partial charge in [-0.3, -0.25) is 5.10 Å². The van der Waals surface area contributed by atoms with E-state index in [0.717, 1.165) is 4.60 Å². The summed E-state index contributed by atoms with van der Waals surface area (Å²) in [6.07, 6.45) is 1.57. The third kappa shape index (κ3) is 0.949. The minimum absolute atomic E-state index is 0.250. The van der Waals surface area contributed by atoms with E-state index in [-0.39, 0.29) is 5.95 Å². The van der Waals surface area contributed by atoms with Crippen molar-refractivity contribution in [3.05, 3.63) is 10.8 Å². The van der Waals surface area contributed by atoms with Gasteiger partial charge in [-0.05, 0) is 15.9 Å². The van der Waals surface area contributed by atoms with E-state index in [1.807, 2.05) is 0 Å². The summed E-state index contributed by atoms with van der Waals surface area (Å²) in [5.41, 5.74) is 6.77. The van der Waals surface area contributed by atoms with E-state index in [0.29, 0.717) is 11.0 Å². The van der Waals surface area contributed by atoms with Gasteiger partial charge in [0.15, 0.2) is 0 Å². The minimum atomic E-state index is 0.250. The van der Waals surface area contributed by atoms with Crippen LogP contribution < -0.4 is 5.73 Å². The molecule has 2 heterocycles. The Hall–Kier alpha value is -1.17. The zero-order valence-electron chi connectivity index (χ0n) is 5.37. The van der Waals surface area contributed by atoms with Gasteiger partial charge < -0.3 is 5.73 Å². The first-order chi connectivity index (χ1) is 5.27. The molecule has 5 nitrogen and oxygen atoms in total. The van der Waals surface area contributed by atoms with Crippen LogP contribution in [0.3, 0.4) is 0 Å². The molecule has 2 aromatic rings. The quantitative estimate of drug-likeness (QED) is 0.676. The number of H-pyrrole nitrogens is 1. The van der Waals surface area contributed by atoms with E-state index in [1.54, 1.807) is 6.20 Å².